The predicted octanol–water partition coefficient (Wildman–Crippen LogP) is 1.91. The quantitative estimate of drug-likeness (QED) is 0.798. The second-order valence-corrected chi connectivity index (χ2v) is 6.31. The van der Waals surface area contributed by atoms with Crippen LogP contribution in [0.1, 0.15) is 24.8 Å². The van der Waals surface area contributed by atoms with Gasteiger partial charge in [-0.05, 0) is 44.8 Å². The van der Waals surface area contributed by atoms with E-state index in [1.807, 2.05) is 19.0 Å². The summed E-state index contributed by atoms with van der Waals surface area (Å²) in [5.74, 6) is 0.712. The fourth-order valence-corrected chi connectivity index (χ4v) is 3.24. The Hall–Kier alpha value is -0.900. The van der Waals surface area contributed by atoms with E-state index < -0.39 is 0 Å². The van der Waals surface area contributed by atoms with E-state index >= 15 is 0 Å². The molecule has 0 spiro atoms. The van der Waals surface area contributed by atoms with Gasteiger partial charge in [-0.15, -0.1) is 0 Å². The van der Waals surface area contributed by atoms with Crippen LogP contribution in [-0.2, 0) is 6.42 Å². The summed E-state index contributed by atoms with van der Waals surface area (Å²) in [7, 11) is 3.99. The number of aliphatic hydroxyl groups excluding tert-OH is 1. The topological polar surface area (TPSA) is 35.5 Å². The lowest BCUT2D eigenvalue weighted by atomic mass is 9.94. The smallest absolute Gasteiger partial charge is 0.0791 e. The maximum absolute atomic E-state index is 9.95. The van der Waals surface area contributed by atoms with Crippen LogP contribution >= 0.6 is 0 Å². The first-order valence-corrected chi connectivity index (χ1v) is 7.75. The molecule has 1 aromatic rings. The van der Waals surface area contributed by atoms with E-state index in [0.29, 0.717) is 18.5 Å². The number of benzene rings is 1. The molecule has 0 heterocycles. The fourth-order valence-electron chi connectivity index (χ4n) is 3.24. The van der Waals surface area contributed by atoms with Crippen molar-refractivity contribution in [1.29, 1.82) is 0 Å². The van der Waals surface area contributed by atoms with Gasteiger partial charge in [0.05, 0.1) is 6.10 Å². The number of rotatable bonds is 7. The van der Waals surface area contributed by atoms with Crippen LogP contribution in [0.2, 0.25) is 0 Å². The molecule has 3 nitrogen and oxygen atoms in total. The first kappa shape index (κ1) is 15.5. The Kier molecular flexibility index (Phi) is 6.02. The third-order valence-electron chi connectivity index (χ3n) is 4.19. The summed E-state index contributed by atoms with van der Waals surface area (Å²) < 4.78 is 0. The largest absolute Gasteiger partial charge is 0.390 e. The second kappa shape index (κ2) is 7.77. The summed E-state index contributed by atoms with van der Waals surface area (Å²) in [6, 6.07) is 11.3. The van der Waals surface area contributed by atoms with Crippen LogP contribution in [0.15, 0.2) is 30.3 Å². The Morgan fingerprint density at radius 1 is 1.25 bits per heavy atom. The van der Waals surface area contributed by atoms with Crippen LogP contribution in [0, 0.1) is 5.92 Å². The summed E-state index contributed by atoms with van der Waals surface area (Å²) in [4.78, 5) is 2.03. The van der Waals surface area contributed by atoms with E-state index in [2.05, 4.69) is 35.6 Å². The Morgan fingerprint density at radius 3 is 2.70 bits per heavy atom. The van der Waals surface area contributed by atoms with Gasteiger partial charge in [0, 0.05) is 19.1 Å². The fraction of sp³-hybridized carbons (Fsp3) is 0.647. The molecule has 3 atom stereocenters. The van der Waals surface area contributed by atoms with Crippen LogP contribution in [-0.4, -0.2) is 49.3 Å². The summed E-state index contributed by atoms with van der Waals surface area (Å²) in [5, 5.41) is 13.5. The molecule has 0 bridgehead atoms. The zero-order valence-corrected chi connectivity index (χ0v) is 12.8. The first-order chi connectivity index (χ1) is 9.65. The molecule has 1 aromatic carbocycles. The van der Waals surface area contributed by atoms with Gasteiger partial charge < -0.3 is 15.3 Å². The number of likely N-dealkylation sites (N-methyl/N-ethyl adjacent to an activating group) is 1. The number of hydrogen-bond donors (Lipinski definition) is 2. The zero-order chi connectivity index (χ0) is 14.4. The SMILES string of the molecule is CN(C)C[C@H](O)CN[C@H]1CCC[C@@H]1Cc1ccccc1. The molecule has 3 heteroatoms. The van der Waals surface area contributed by atoms with Crippen molar-refractivity contribution in [1.82, 2.24) is 10.2 Å². The molecule has 20 heavy (non-hydrogen) atoms. The molecule has 1 fully saturated rings. The van der Waals surface area contributed by atoms with Crippen molar-refractivity contribution in [2.45, 2.75) is 37.8 Å². The predicted molar refractivity (Wildman–Crippen MR) is 83.8 cm³/mol. The maximum atomic E-state index is 9.95. The Bertz CT molecular complexity index is 380. The molecule has 0 radical (unpaired) electrons. The normalized spacial score (nSPS) is 24.2. The van der Waals surface area contributed by atoms with E-state index in [4.69, 9.17) is 0 Å². The summed E-state index contributed by atoms with van der Waals surface area (Å²) >= 11 is 0. The highest BCUT2D eigenvalue weighted by Gasteiger charge is 2.27. The lowest BCUT2D eigenvalue weighted by Crippen LogP contribution is -2.41. The molecular weight excluding hydrogens is 248 g/mol. The monoisotopic (exact) mass is 276 g/mol. The van der Waals surface area contributed by atoms with Crippen molar-refractivity contribution in [2.24, 2.45) is 5.92 Å². The van der Waals surface area contributed by atoms with Crippen molar-refractivity contribution in [3.05, 3.63) is 35.9 Å². The molecule has 1 aliphatic rings. The van der Waals surface area contributed by atoms with Gasteiger partial charge in [-0.1, -0.05) is 36.8 Å². The Balaban J connectivity index is 1.79. The Labute approximate surface area is 123 Å². The molecule has 112 valence electrons. The molecule has 2 N–H and O–H groups in total. The van der Waals surface area contributed by atoms with Crippen molar-refractivity contribution in [3.63, 3.8) is 0 Å². The maximum Gasteiger partial charge on any atom is 0.0791 e. The van der Waals surface area contributed by atoms with Gasteiger partial charge in [0.15, 0.2) is 0 Å². The summed E-state index contributed by atoms with van der Waals surface area (Å²) in [6.07, 6.45) is 4.73. The highest BCUT2D eigenvalue weighted by atomic mass is 16.3. The number of aliphatic hydroxyl groups is 1. The molecule has 0 aliphatic heterocycles. The lowest BCUT2D eigenvalue weighted by molar-refractivity contribution is 0.129. The molecule has 0 unspecified atom stereocenters. The van der Waals surface area contributed by atoms with Crippen molar-refractivity contribution in [2.75, 3.05) is 27.2 Å². The van der Waals surface area contributed by atoms with Crippen LogP contribution in [0.5, 0.6) is 0 Å². The molecule has 1 aliphatic carbocycles. The zero-order valence-electron chi connectivity index (χ0n) is 12.8. The van der Waals surface area contributed by atoms with Gasteiger partial charge in [0.1, 0.15) is 0 Å². The van der Waals surface area contributed by atoms with Gasteiger partial charge in [-0.3, -0.25) is 0 Å². The summed E-state index contributed by atoms with van der Waals surface area (Å²) in [6.45, 7) is 1.43. The van der Waals surface area contributed by atoms with Gasteiger partial charge >= 0.3 is 0 Å². The van der Waals surface area contributed by atoms with E-state index in [-0.39, 0.29) is 6.10 Å². The second-order valence-electron chi connectivity index (χ2n) is 6.31. The molecule has 1 saturated carbocycles. The van der Waals surface area contributed by atoms with E-state index in [1.165, 1.54) is 24.8 Å². The molecule has 0 saturated heterocycles. The molecule has 0 aromatic heterocycles. The highest BCUT2D eigenvalue weighted by Crippen LogP contribution is 2.28. The van der Waals surface area contributed by atoms with Gasteiger partial charge in [-0.25, -0.2) is 0 Å². The average molecular weight is 276 g/mol. The number of nitrogens with one attached hydrogen (secondary N) is 1. The lowest BCUT2D eigenvalue weighted by Gasteiger charge is -2.24. The standard InChI is InChI=1S/C17H28N2O/c1-19(2)13-16(20)12-18-17-10-6-9-15(17)11-14-7-4-3-5-8-14/h3-5,7-8,15-18,20H,6,9-13H2,1-2H3/t15-,16-,17+/m1/s1. The average Bonchev–Trinajstić information content (AvgIpc) is 2.84. The van der Waals surface area contributed by atoms with Crippen molar-refractivity contribution < 1.29 is 5.11 Å². The van der Waals surface area contributed by atoms with E-state index in [1.54, 1.807) is 0 Å². The van der Waals surface area contributed by atoms with Crippen molar-refractivity contribution >= 4 is 0 Å². The Morgan fingerprint density at radius 2 is 2.00 bits per heavy atom. The van der Waals surface area contributed by atoms with Gasteiger partial charge in [0.25, 0.3) is 0 Å². The third kappa shape index (κ3) is 4.89. The van der Waals surface area contributed by atoms with Crippen LogP contribution in [0.3, 0.4) is 0 Å². The van der Waals surface area contributed by atoms with Gasteiger partial charge in [-0.2, -0.15) is 0 Å². The third-order valence-corrected chi connectivity index (χ3v) is 4.19. The van der Waals surface area contributed by atoms with E-state index in [0.717, 1.165) is 13.0 Å². The summed E-state index contributed by atoms with van der Waals surface area (Å²) in [5.41, 5.74) is 1.43. The van der Waals surface area contributed by atoms with Crippen LogP contribution in [0.4, 0.5) is 0 Å². The van der Waals surface area contributed by atoms with Gasteiger partial charge in [0.2, 0.25) is 0 Å². The minimum absolute atomic E-state index is 0.275. The molecular formula is C17H28N2O. The molecule has 0 amide bonds. The van der Waals surface area contributed by atoms with Crippen LogP contribution in [0.25, 0.3) is 0 Å². The minimum Gasteiger partial charge on any atom is -0.390 e. The van der Waals surface area contributed by atoms with Crippen LogP contribution < -0.4 is 5.32 Å². The first-order valence-electron chi connectivity index (χ1n) is 7.75. The van der Waals surface area contributed by atoms with E-state index in [9.17, 15) is 5.11 Å². The number of hydrogen-bond acceptors (Lipinski definition) is 3. The highest BCUT2D eigenvalue weighted by molar-refractivity contribution is 5.16. The number of nitrogens with zero attached hydrogens (tertiary/aromatic N) is 1. The minimum atomic E-state index is -0.275. The molecule has 2 rings (SSSR count). The van der Waals surface area contributed by atoms with Crippen molar-refractivity contribution in [3.8, 4) is 0 Å².